The Balaban J connectivity index is 1.88. The molecule has 0 saturated heterocycles. The molecule has 0 radical (unpaired) electrons. The van der Waals surface area contributed by atoms with Gasteiger partial charge in [0.1, 0.15) is 0 Å². The molecule has 3 nitrogen and oxygen atoms in total. The lowest BCUT2D eigenvalue weighted by molar-refractivity contribution is 0.506. The Hall–Kier alpha value is -0.650. The van der Waals surface area contributed by atoms with Gasteiger partial charge in [-0.05, 0) is 37.1 Å². The van der Waals surface area contributed by atoms with Gasteiger partial charge in [0.2, 0.25) is 0 Å². The van der Waals surface area contributed by atoms with E-state index < -0.39 is 0 Å². The largest absolute Gasteiger partial charge is 0.308 e. The highest BCUT2D eigenvalue weighted by atomic mass is 79.9. The van der Waals surface area contributed by atoms with Gasteiger partial charge in [-0.2, -0.15) is 5.10 Å². The Labute approximate surface area is 130 Å². The van der Waals surface area contributed by atoms with E-state index in [0.29, 0.717) is 6.04 Å². The van der Waals surface area contributed by atoms with Crippen molar-refractivity contribution in [2.24, 2.45) is 0 Å². The molecule has 1 aromatic carbocycles. The van der Waals surface area contributed by atoms with Gasteiger partial charge in [0.25, 0.3) is 0 Å². The van der Waals surface area contributed by atoms with Crippen molar-refractivity contribution in [2.45, 2.75) is 26.4 Å². The summed E-state index contributed by atoms with van der Waals surface area (Å²) in [5.74, 6) is 0. The number of nitrogens with one attached hydrogen (secondary N) is 1. The Morgan fingerprint density at radius 1 is 1.37 bits per heavy atom. The van der Waals surface area contributed by atoms with Crippen molar-refractivity contribution in [3.05, 3.63) is 50.7 Å². The van der Waals surface area contributed by atoms with Gasteiger partial charge < -0.3 is 5.32 Å². The van der Waals surface area contributed by atoms with Gasteiger partial charge in [-0.3, -0.25) is 4.68 Å². The molecule has 102 valence electrons. The maximum Gasteiger partial charge on any atom is 0.0534 e. The normalized spacial score (nSPS) is 12.6. The first-order valence-electron chi connectivity index (χ1n) is 6.23. The Morgan fingerprint density at radius 3 is 2.79 bits per heavy atom. The topological polar surface area (TPSA) is 29.9 Å². The van der Waals surface area contributed by atoms with Gasteiger partial charge in [-0.1, -0.05) is 37.9 Å². The van der Waals surface area contributed by atoms with Crippen LogP contribution in [0.3, 0.4) is 0 Å². The number of nitrogens with zero attached hydrogens (tertiary/aromatic N) is 2. The highest BCUT2D eigenvalue weighted by Crippen LogP contribution is 2.26. The zero-order chi connectivity index (χ0) is 13.8. The second kappa shape index (κ2) is 6.68. The molecule has 0 spiro atoms. The predicted octanol–water partition coefficient (Wildman–Crippen LogP) is 4.07. The third-order valence-corrected chi connectivity index (χ3v) is 4.16. The van der Waals surface area contributed by atoms with Gasteiger partial charge in [0.05, 0.1) is 12.7 Å². The molecule has 0 bridgehead atoms. The van der Waals surface area contributed by atoms with Gasteiger partial charge in [-0.15, -0.1) is 0 Å². The molecule has 0 aliphatic rings. The van der Waals surface area contributed by atoms with Gasteiger partial charge in [0.15, 0.2) is 0 Å². The molecular formula is C14H17Br2N3. The SMILES string of the molecule is Cc1cnn(CCNC(C)c2ccc(Br)cc2Br)c1. The summed E-state index contributed by atoms with van der Waals surface area (Å²) < 4.78 is 4.17. The second-order valence-electron chi connectivity index (χ2n) is 4.62. The van der Waals surface area contributed by atoms with Crippen molar-refractivity contribution in [2.75, 3.05) is 6.54 Å². The minimum atomic E-state index is 0.305. The summed E-state index contributed by atoms with van der Waals surface area (Å²) in [6.07, 6.45) is 3.94. The van der Waals surface area contributed by atoms with Crippen LogP contribution in [-0.4, -0.2) is 16.3 Å². The zero-order valence-electron chi connectivity index (χ0n) is 11.0. The third-order valence-electron chi connectivity index (χ3n) is 2.98. The number of benzene rings is 1. The number of hydrogen-bond acceptors (Lipinski definition) is 2. The minimum absolute atomic E-state index is 0.305. The second-order valence-corrected chi connectivity index (χ2v) is 6.39. The number of aryl methyl sites for hydroxylation is 1. The summed E-state index contributed by atoms with van der Waals surface area (Å²) in [5, 5.41) is 7.79. The maximum absolute atomic E-state index is 4.28. The molecule has 0 amide bonds. The van der Waals surface area contributed by atoms with E-state index in [-0.39, 0.29) is 0 Å². The predicted molar refractivity (Wildman–Crippen MR) is 85.2 cm³/mol. The van der Waals surface area contributed by atoms with Crippen LogP contribution in [0, 0.1) is 6.92 Å². The standard InChI is InChI=1S/C14H17Br2N3/c1-10-8-18-19(9-10)6-5-17-11(2)13-4-3-12(15)7-14(13)16/h3-4,7-9,11,17H,5-6H2,1-2H3. The Morgan fingerprint density at radius 2 is 2.16 bits per heavy atom. The van der Waals surface area contributed by atoms with Crippen LogP contribution >= 0.6 is 31.9 Å². The van der Waals surface area contributed by atoms with Crippen molar-refractivity contribution < 1.29 is 0 Å². The van der Waals surface area contributed by atoms with Crippen molar-refractivity contribution in [1.29, 1.82) is 0 Å². The Kier molecular flexibility index (Phi) is 5.19. The van der Waals surface area contributed by atoms with Crippen LogP contribution in [0.5, 0.6) is 0 Å². The zero-order valence-corrected chi connectivity index (χ0v) is 14.2. The van der Waals surface area contributed by atoms with Crippen LogP contribution in [0.2, 0.25) is 0 Å². The van der Waals surface area contributed by atoms with Crippen LogP contribution in [0.1, 0.15) is 24.1 Å². The highest BCUT2D eigenvalue weighted by Gasteiger charge is 2.08. The molecule has 1 heterocycles. The number of aromatic nitrogens is 2. The van der Waals surface area contributed by atoms with E-state index in [2.05, 4.69) is 80.5 Å². The fraction of sp³-hybridized carbons (Fsp3) is 0.357. The van der Waals surface area contributed by atoms with Crippen molar-refractivity contribution in [3.8, 4) is 0 Å². The van der Waals surface area contributed by atoms with E-state index in [1.54, 1.807) is 0 Å². The number of rotatable bonds is 5. The molecule has 5 heteroatoms. The summed E-state index contributed by atoms with van der Waals surface area (Å²) in [7, 11) is 0. The molecule has 0 aliphatic carbocycles. The highest BCUT2D eigenvalue weighted by molar-refractivity contribution is 9.11. The fourth-order valence-electron chi connectivity index (χ4n) is 1.95. The van der Waals surface area contributed by atoms with Crippen molar-refractivity contribution in [3.63, 3.8) is 0 Å². The smallest absolute Gasteiger partial charge is 0.0534 e. The first-order valence-corrected chi connectivity index (χ1v) is 7.82. The molecule has 2 aromatic rings. The quantitative estimate of drug-likeness (QED) is 0.839. The summed E-state index contributed by atoms with van der Waals surface area (Å²) in [6.45, 7) is 6.00. The molecular weight excluding hydrogens is 370 g/mol. The van der Waals surface area contributed by atoms with E-state index in [0.717, 1.165) is 22.0 Å². The molecule has 19 heavy (non-hydrogen) atoms. The monoisotopic (exact) mass is 385 g/mol. The maximum atomic E-state index is 4.28. The van der Waals surface area contributed by atoms with Crippen LogP contribution in [0.25, 0.3) is 0 Å². The van der Waals surface area contributed by atoms with Crippen molar-refractivity contribution >= 4 is 31.9 Å². The summed E-state index contributed by atoms with van der Waals surface area (Å²) >= 11 is 7.07. The lowest BCUT2D eigenvalue weighted by Crippen LogP contribution is -2.23. The third kappa shape index (κ3) is 4.16. The molecule has 0 saturated carbocycles. The summed E-state index contributed by atoms with van der Waals surface area (Å²) in [6, 6.07) is 6.57. The number of halogens is 2. The molecule has 1 unspecified atom stereocenters. The van der Waals surface area contributed by atoms with Crippen LogP contribution in [0.4, 0.5) is 0 Å². The van der Waals surface area contributed by atoms with Crippen LogP contribution < -0.4 is 5.32 Å². The molecule has 2 rings (SSSR count). The molecule has 0 fully saturated rings. The van der Waals surface area contributed by atoms with Gasteiger partial charge >= 0.3 is 0 Å². The van der Waals surface area contributed by atoms with Gasteiger partial charge in [0, 0.05) is 27.7 Å². The average molecular weight is 387 g/mol. The first kappa shape index (κ1) is 14.8. The fourth-order valence-corrected chi connectivity index (χ4v) is 3.34. The molecule has 1 atom stereocenters. The van der Waals surface area contributed by atoms with E-state index in [1.807, 2.05) is 10.9 Å². The van der Waals surface area contributed by atoms with Gasteiger partial charge in [-0.25, -0.2) is 0 Å². The number of hydrogen-bond donors (Lipinski definition) is 1. The van der Waals surface area contributed by atoms with E-state index in [9.17, 15) is 0 Å². The summed E-state index contributed by atoms with van der Waals surface area (Å²) in [4.78, 5) is 0. The van der Waals surface area contributed by atoms with E-state index in [4.69, 9.17) is 0 Å². The molecule has 1 aromatic heterocycles. The first-order chi connectivity index (χ1) is 9.06. The Bertz CT molecular complexity index is 551. The lowest BCUT2D eigenvalue weighted by Gasteiger charge is -2.16. The minimum Gasteiger partial charge on any atom is -0.308 e. The lowest BCUT2D eigenvalue weighted by atomic mass is 10.1. The van der Waals surface area contributed by atoms with Crippen LogP contribution in [0.15, 0.2) is 39.5 Å². The van der Waals surface area contributed by atoms with Crippen molar-refractivity contribution in [1.82, 2.24) is 15.1 Å². The molecule has 1 N–H and O–H groups in total. The van der Waals surface area contributed by atoms with E-state index >= 15 is 0 Å². The molecule has 0 aliphatic heterocycles. The average Bonchev–Trinajstić information content (AvgIpc) is 2.75. The van der Waals surface area contributed by atoms with E-state index in [1.165, 1.54) is 11.1 Å². The van der Waals surface area contributed by atoms with Crippen LogP contribution in [-0.2, 0) is 6.54 Å². The summed E-state index contributed by atoms with van der Waals surface area (Å²) in [5.41, 5.74) is 2.46.